The fraction of sp³-hybridized carbons (Fsp3) is 0.357. The number of nitrogens with zero attached hydrogens (tertiary/aromatic N) is 1. The molecule has 0 amide bonds. The lowest BCUT2D eigenvalue weighted by Crippen LogP contribution is -1.96. The highest BCUT2D eigenvalue weighted by Gasteiger charge is 2.25. The molecule has 2 unspecified atom stereocenters. The van der Waals surface area contributed by atoms with Crippen molar-refractivity contribution in [2.75, 3.05) is 0 Å². The van der Waals surface area contributed by atoms with Crippen molar-refractivity contribution < 1.29 is 0 Å². The van der Waals surface area contributed by atoms with Crippen LogP contribution in [0.15, 0.2) is 36.5 Å². The Kier molecular flexibility index (Phi) is 2.56. The third-order valence-corrected chi connectivity index (χ3v) is 3.87. The van der Waals surface area contributed by atoms with Gasteiger partial charge in [-0.15, -0.1) is 11.6 Å². The van der Waals surface area contributed by atoms with Gasteiger partial charge in [-0.05, 0) is 36.8 Å². The number of hydrogen-bond donors (Lipinski definition) is 0. The number of aromatic nitrogens is 1. The minimum absolute atomic E-state index is 0.351. The molecule has 1 aliphatic rings. The number of alkyl halides is 1. The molecule has 1 aliphatic carbocycles. The molecule has 1 aromatic heterocycles. The predicted molar refractivity (Wildman–Crippen MR) is 68.0 cm³/mol. The maximum Gasteiger partial charge on any atom is 0.0736 e. The van der Waals surface area contributed by atoms with E-state index in [1.165, 1.54) is 17.4 Å². The van der Waals surface area contributed by atoms with Crippen LogP contribution >= 0.6 is 11.6 Å². The average Bonchev–Trinajstić information content (AvgIpc) is 2.75. The van der Waals surface area contributed by atoms with E-state index in [-0.39, 0.29) is 0 Å². The van der Waals surface area contributed by atoms with Crippen LogP contribution in [0.2, 0.25) is 0 Å². The molecule has 0 aliphatic heterocycles. The fourth-order valence-corrected chi connectivity index (χ4v) is 3.01. The summed E-state index contributed by atoms with van der Waals surface area (Å²) >= 11 is 6.19. The summed E-state index contributed by atoms with van der Waals surface area (Å²) in [5, 5.41) is 1.59. The summed E-state index contributed by atoms with van der Waals surface area (Å²) in [5.74, 6) is 0.598. The number of fused-ring (bicyclic) bond motifs is 1. The Morgan fingerprint density at radius 2 is 2.00 bits per heavy atom. The Morgan fingerprint density at radius 3 is 2.81 bits per heavy atom. The monoisotopic (exact) mass is 231 g/mol. The first kappa shape index (κ1) is 10.1. The molecule has 82 valence electrons. The number of halogens is 1. The molecule has 0 radical (unpaired) electrons. The van der Waals surface area contributed by atoms with E-state index >= 15 is 0 Å². The molecule has 2 aromatic rings. The van der Waals surface area contributed by atoms with Gasteiger partial charge < -0.3 is 0 Å². The Balaban J connectivity index is 2.09. The summed E-state index contributed by atoms with van der Waals surface area (Å²) < 4.78 is 0. The first-order valence-electron chi connectivity index (χ1n) is 5.82. The minimum atomic E-state index is 0.351. The van der Waals surface area contributed by atoms with Gasteiger partial charge in [-0.25, -0.2) is 0 Å². The number of benzene rings is 1. The van der Waals surface area contributed by atoms with Crippen LogP contribution in [0.1, 0.15) is 30.7 Å². The van der Waals surface area contributed by atoms with Gasteiger partial charge in [-0.3, -0.25) is 4.98 Å². The summed E-state index contributed by atoms with van der Waals surface area (Å²) in [6.45, 7) is 0. The zero-order valence-corrected chi connectivity index (χ0v) is 9.82. The topological polar surface area (TPSA) is 12.9 Å². The lowest BCUT2D eigenvalue weighted by atomic mass is 9.95. The van der Waals surface area contributed by atoms with Gasteiger partial charge in [0.15, 0.2) is 0 Å². The Morgan fingerprint density at radius 1 is 1.12 bits per heavy atom. The standard InChI is InChI=1S/C14H14ClN/c15-12-7-6-11(9-12)13-5-1-3-10-4-2-8-16-14(10)13/h1-5,8,11-12H,6-7,9H2. The van der Waals surface area contributed by atoms with Gasteiger partial charge in [0.05, 0.1) is 5.52 Å². The zero-order valence-electron chi connectivity index (χ0n) is 9.07. The van der Waals surface area contributed by atoms with E-state index in [9.17, 15) is 0 Å². The van der Waals surface area contributed by atoms with Crippen LogP contribution < -0.4 is 0 Å². The van der Waals surface area contributed by atoms with E-state index in [0.29, 0.717) is 11.3 Å². The molecule has 0 spiro atoms. The van der Waals surface area contributed by atoms with Crippen LogP contribution in [0.5, 0.6) is 0 Å². The maximum atomic E-state index is 6.19. The van der Waals surface area contributed by atoms with Crippen molar-refractivity contribution in [1.82, 2.24) is 4.98 Å². The summed E-state index contributed by atoms with van der Waals surface area (Å²) in [6.07, 6.45) is 5.30. The quantitative estimate of drug-likeness (QED) is 0.673. The molecule has 2 atom stereocenters. The van der Waals surface area contributed by atoms with Crippen molar-refractivity contribution in [2.24, 2.45) is 0 Å². The van der Waals surface area contributed by atoms with E-state index in [4.69, 9.17) is 11.6 Å². The van der Waals surface area contributed by atoms with Gasteiger partial charge in [0, 0.05) is 17.0 Å². The predicted octanol–water partition coefficient (Wildman–Crippen LogP) is 4.11. The van der Waals surface area contributed by atoms with Crippen LogP contribution in [-0.4, -0.2) is 10.4 Å². The highest BCUT2D eigenvalue weighted by Crippen LogP contribution is 2.39. The van der Waals surface area contributed by atoms with E-state index < -0.39 is 0 Å². The smallest absolute Gasteiger partial charge is 0.0736 e. The van der Waals surface area contributed by atoms with Crippen LogP contribution in [0, 0.1) is 0 Å². The van der Waals surface area contributed by atoms with Gasteiger partial charge in [0.1, 0.15) is 0 Å². The second kappa shape index (κ2) is 4.06. The molecular weight excluding hydrogens is 218 g/mol. The zero-order chi connectivity index (χ0) is 11.0. The summed E-state index contributed by atoms with van der Waals surface area (Å²) in [5.41, 5.74) is 2.53. The second-order valence-corrected chi connectivity index (χ2v) is 5.15. The largest absolute Gasteiger partial charge is 0.256 e. The normalized spacial score (nSPS) is 25.1. The summed E-state index contributed by atoms with van der Waals surface area (Å²) in [6, 6.07) is 10.6. The third-order valence-electron chi connectivity index (χ3n) is 3.47. The SMILES string of the molecule is ClC1CCC(c2cccc3cccnc23)C1. The van der Waals surface area contributed by atoms with Crippen LogP contribution in [0.25, 0.3) is 10.9 Å². The maximum absolute atomic E-state index is 6.19. The second-order valence-electron chi connectivity index (χ2n) is 4.53. The molecule has 1 aromatic carbocycles. The van der Waals surface area contributed by atoms with E-state index in [1.807, 2.05) is 12.3 Å². The van der Waals surface area contributed by atoms with Gasteiger partial charge in [-0.1, -0.05) is 24.3 Å². The first-order valence-corrected chi connectivity index (χ1v) is 6.26. The fourth-order valence-electron chi connectivity index (χ4n) is 2.67. The molecule has 1 nitrogen and oxygen atoms in total. The molecular formula is C14H14ClN. The molecule has 0 saturated heterocycles. The number of hydrogen-bond acceptors (Lipinski definition) is 1. The van der Waals surface area contributed by atoms with Crippen molar-refractivity contribution in [3.8, 4) is 0 Å². The molecule has 0 N–H and O–H groups in total. The summed E-state index contributed by atoms with van der Waals surface area (Å²) in [4.78, 5) is 4.51. The molecule has 1 heterocycles. The first-order chi connectivity index (χ1) is 7.84. The molecule has 1 fully saturated rings. The van der Waals surface area contributed by atoms with Gasteiger partial charge in [0.25, 0.3) is 0 Å². The highest BCUT2D eigenvalue weighted by atomic mass is 35.5. The average molecular weight is 232 g/mol. The molecule has 0 bridgehead atoms. The lowest BCUT2D eigenvalue weighted by Gasteiger charge is -2.12. The van der Waals surface area contributed by atoms with Crippen LogP contribution in [0.4, 0.5) is 0 Å². The van der Waals surface area contributed by atoms with E-state index in [1.54, 1.807) is 0 Å². The highest BCUT2D eigenvalue weighted by molar-refractivity contribution is 6.20. The molecule has 3 rings (SSSR count). The van der Waals surface area contributed by atoms with Crippen molar-refractivity contribution >= 4 is 22.5 Å². The van der Waals surface area contributed by atoms with E-state index in [0.717, 1.165) is 18.4 Å². The van der Waals surface area contributed by atoms with Crippen molar-refractivity contribution in [1.29, 1.82) is 0 Å². The molecule has 1 saturated carbocycles. The van der Waals surface area contributed by atoms with Crippen molar-refractivity contribution in [3.63, 3.8) is 0 Å². The number of para-hydroxylation sites is 1. The van der Waals surface area contributed by atoms with Crippen LogP contribution in [-0.2, 0) is 0 Å². The van der Waals surface area contributed by atoms with Crippen LogP contribution in [0.3, 0.4) is 0 Å². The van der Waals surface area contributed by atoms with Gasteiger partial charge in [-0.2, -0.15) is 0 Å². The summed E-state index contributed by atoms with van der Waals surface area (Å²) in [7, 11) is 0. The number of pyridine rings is 1. The minimum Gasteiger partial charge on any atom is -0.256 e. The Labute approximate surface area is 100 Å². The van der Waals surface area contributed by atoms with Gasteiger partial charge in [0.2, 0.25) is 0 Å². The molecule has 2 heteroatoms. The number of rotatable bonds is 1. The van der Waals surface area contributed by atoms with Crippen molar-refractivity contribution in [3.05, 3.63) is 42.1 Å². The van der Waals surface area contributed by atoms with E-state index in [2.05, 4.69) is 29.2 Å². The molecule has 16 heavy (non-hydrogen) atoms. The Bertz CT molecular complexity index is 504. The van der Waals surface area contributed by atoms with Crippen molar-refractivity contribution in [2.45, 2.75) is 30.6 Å². The third kappa shape index (κ3) is 1.69. The lowest BCUT2D eigenvalue weighted by molar-refractivity contribution is 0.728. The van der Waals surface area contributed by atoms with Gasteiger partial charge >= 0.3 is 0 Å². The Hall–Kier alpha value is -1.08.